The van der Waals surface area contributed by atoms with E-state index in [0.717, 1.165) is 0 Å². The van der Waals surface area contributed by atoms with Gasteiger partial charge >= 0.3 is 6.09 Å². The number of carbonyl (C=O) groups is 1. The summed E-state index contributed by atoms with van der Waals surface area (Å²) in [6, 6.07) is 3.29. The Bertz CT molecular complexity index is 505. The van der Waals surface area contributed by atoms with Crippen molar-refractivity contribution < 1.29 is 13.9 Å². The first-order valence-corrected chi connectivity index (χ1v) is 7.10. The molecule has 1 aliphatic heterocycles. The molecule has 0 atom stereocenters. The van der Waals surface area contributed by atoms with Gasteiger partial charge in [0.05, 0.1) is 11.6 Å². The quantitative estimate of drug-likeness (QED) is 0.833. The second-order valence-electron chi connectivity index (χ2n) is 4.66. The Hall–Kier alpha value is -1.34. The van der Waals surface area contributed by atoms with Crippen LogP contribution >= 0.6 is 15.9 Å². The molecule has 1 aromatic carbocycles. The first-order valence-electron chi connectivity index (χ1n) is 6.30. The zero-order chi connectivity index (χ0) is 14.7. The molecule has 1 saturated heterocycles. The fourth-order valence-corrected chi connectivity index (χ4v) is 2.58. The molecule has 5 nitrogen and oxygen atoms in total. The number of anilines is 1. The molecule has 2 rings (SSSR count). The van der Waals surface area contributed by atoms with Crippen LogP contribution in [-0.2, 0) is 11.3 Å². The molecule has 0 aliphatic carbocycles. The van der Waals surface area contributed by atoms with Gasteiger partial charge in [-0.05, 0) is 28.1 Å². The number of rotatable bonds is 2. The Morgan fingerprint density at radius 2 is 2.05 bits per heavy atom. The number of hydrogen-bond acceptors (Lipinski definition) is 4. The van der Waals surface area contributed by atoms with Crippen LogP contribution in [0.3, 0.4) is 0 Å². The number of halogens is 2. The fraction of sp³-hybridized carbons (Fsp3) is 0.462. The van der Waals surface area contributed by atoms with Gasteiger partial charge in [-0.15, -0.1) is 0 Å². The summed E-state index contributed by atoms with van der Waals surface area (Å²) in [6.07, 6.45) is -0.321. The lowest BCUT2D eigenvalue weighted by molar-refractivity contribution is 0.0886. The van der Waals surface area contributed by atoms with Crippen LogP contribution < -0.4 is 5.73 Å². The van der Waals surface area contributed by atoms with Crippen LogP contribution in [0, 0.1) is 5.82 Å². The van der Waals surface area contributed by atoms with Gasteiger partial charge in [-0.25, -0.2) is 9.18 Å². The Kier molecular flexibility index (Phi) is 4.82. The molecule has 20 heavy (non-hydrogen) atoms. The van der Waals surface area contributed by atoms with Gasteiger partial charge in [-0.2, -0.15) is 0 Å². The minimum atomic E-state index is -0.321. The van der Waals surface area contributed by atoms with Gasteiger partial charge in [0.15, 0.2) is 0 Å². The molecule has 2 N–H and O–H groups in total. The summed E-state index contributed by atoms with van der Waals surface area (Å²) in [5, 5.41) is 0. The van der Waals surface area contributed by atoms with E-state index in [1.54, 1.807) is 17.0 Å². The second kappa shape index (κ2) is 6.41. The lowest BCUT2D eigenvalue weighted by atomic mass is 10.1. The largest absolute Gasteiger partial charge is 0.453 e. The summed E-state index contributed by atoms with van der Waals surface area (Å²) in [5.41, 5.74) is 6.77. The molecule has 0 unspecified atom stereocenters. The monoisotopic (exact) mass is 345 g/mol. The zero-order valence-corrected chi connectivity index (χ0v) is 12.8. The Morgan fingerprint density at radius 3 is 2.65 bits per heavy atom. The van der Waals surface area contributed by atoms with Crippen molar-refractivity contribution in [2.24, 2.45) is 0 Å². The summed E-state index contributed by atoms with van der Waals surface area (Å²) in [4.78, 5) is 15.1. The molecule has 1 heterocycles. The van der Waals surface area contributed by atoms with Gasteiger partial charge in [0, 0.05) is 44.0 Å². The third-order valence-corrected chi connectivity index (χ3v) is 4.03. The summed E-state index contributed by atoms with van der Waals surface area (Å²) in [5.74, 6) is -0.319. The highest BCUT2D eigenvalue weighted by Crippen LogP contribution is 2.25. The highest BCUT2D eigenvalue weighted by atomic mass is 79.9. The number of methoxy groups -OCH3 is 1. The van der Waals surface area contributed by atoms with Gasteiger partial charge in [-0.1, -0.05) is 0 Å². The first kappa shape index (κ1) is 15.1. The van der Waals surface area contributed by atoms with Crippen LogP contribution in [0.2, 0.25) is 0 Å². The van der Waals surface area contributed by atoms with Gasteiger partial charge in [0.1, 0.15) is 5.82 Å². The molecule has 1 aromatic rings. The van der Waals surface area contributed by atoms with Crippen LogP contribution in [0.4, 0.5) is 14.9 Å². The average Bonchev–Trinajstić information content (AvgIpc) is 2.47. The number of benzene rings is 1. The van der Waals surface area contributed by atoms with Crippen LogP contribution in [0.25, 0.3) is 0 Å². The van der Waals surface area contributed by atoms with E-state index in [2.05, 4.69) is 25.6 Å². The van der Waals surface area contributed by atoms with Crippen molar-refractivity contribution in [3.63, 3.8) is 0 Å². The number of piperazine rings is 1. The SMILES string of the molecule is COC(=O)N1CCN(Cc2c(N)ccc(Br)c2F)CC1. The smallest absolute Gasteiger partial charge is 0.409 e. The van der Waals surface area contributed by atoms with Crippen molar-refractivity contribution in [3.05, 3.63) is 28.0 Å². The molecule has 1 aliphatic rings. The Morgan fingerprint density at radius 1 is 1.40 bits per heavy atom. The minimum Gasteiger partial charge on any atom is -0.453 e. The van der Waals surface area contributed by atoms with Gasteiger partial charge in [-0.3, -0.25) is 4.90 Å². The van der Waals surface area contributed by atoms with E-state index in [1.807, 2.05) is 0 Å². The molecule has 0 aromatic heterocycles. The number of carbonyl (C=O) groups excluding carboxylic acids is 1. The molecule has 110 valence electrons. The van der Waals surface area contributed by atoms with Crippen LogP contribution in [0.15, 0.2) is 16.6 Å². The fourth-order valence-electron chi connectivity index (χ4n) is 2.21. The van der Waals surface area contributed by atoms with E-state index in [1.165, 1.54) is 7.11 Å². The Labute approximate surface area is 125 Å². The van der Waals surface area contributed by atoms with E-state index < -0.39 is 0 Å². The summed E-state index contributed by atoms with van der Waals surface area (Å²) >= 11 is 3.16. The third-order valence-electron chi connectivity index (χ3n) is 3.42. The van der Waals surface area contributed by atoms with Crippen molar-refractivity contribution >= 4 is 27.7 Å². The number of hydrogen-bond donors (Lipinski definition) is 1. The maximum atomic E-state index is 14.0. The van der Waals surface area contributed by atoms with Crippen molar-refractivity contribution in [2.45, 2.75) is 6.54 Å². The molecule has 0 bridgehead atoms. The molecule has 1 fully saturated rings. The molecule has 0 saturated carbocycles. The lowest BCUT2D eigenvalue weighted by Crippen LogP contribution is -2.48. The third kappa shape index (κ3) is 3.21. The number of ether oxygens (including phenoxy) is 1. The molecule has 0 spiro atoms. The van der Waals surface area contributed by atoms with Crippen molar-refractivity contribution in [2.75, 3.05) is 39.0 Å². The topological polar surface area (TPSA) is 58.8 Å². The summed E-state index contributed by atoms with van der Waals surface area (Å²) in [6.45, 7) is 2.91. The van der Waals surface area contributed by atoms with Crippen LogP contribution in [0.5, 0.6) is 0 Å². The van der Waals surface area contributed by atoms with Crippen molar-refractivity contribution in [3.8, 4) is 0 Å². The van der Waals surface area contributed by atoms with Gasteiger partial charge < -0.3 is 15.4 Å². The number of nitrogens with zero attached hydrogens (tertiary/aromatic N) is 2. The normalized spacial score (nSPS) is 16.2. The molecule has 1 amide bonds. The maximum Gasteiger partial charge on any atom is 0.409 e. The van der Waals surface area contributed by atoms with E-state index >= 15 is 0 Å². The second-order valence-corrected chi connectivity index (χ2v) is 5.52. The molecular weight excluding hydrogens is 329 g/mol. The predicted octanol–water partition coefficient (Wildman–Crippen LogP) is 2.05. The standard InChI is InChI=1S/C13H17BrFN3O2/c1-20-13(19)18-6-4-17(5-7-18)8-9-11(16)3-2-10(14)12(9)15/h2-3H,4-8,16H2,1H3. The number of nitrogens with two attached hydrogens (primary N) is 1. The lowest BCUT2D eigenvalue weighted by Gasteiger charge is -2.34. The number of amides is 1. The summed E-state index contributed by atoms with van der Waals surface area (Å²) < 4.78 is 19.1. The number of nitrogen functional groups attached to an aromatic ring is 1. The maximum absolute atomic E-state index is 14.0. The van der Waals surface area contributed by atoms with E-state index in [0.29, 0.717) is 48.4 Å². The predicted molar refractivity (Wildman–Crippen MR) is 77.8 cm³/mol. The molecule has 7 heteroatoms. The van der Waals surface area contributed by atoms with E-state index in [-0.39, 0.29) is 11.9 Å². The molecule has 0 radical (unpaired) electrons. The van der Waals surface area contributed by atoms with E-state index in [4.69, 9.17) is 5.73 Å². The van der Waals surface area contributed by atoms with E-state index in [9.17, 15) is 9.18 Å². The van der Waals surface area contributed by atoms with Crippen molar-refractivity contribution in [1.29, 1.82) is 0 Å². The zero-order valence-electron chi connectivity index (χ0n) is 11.2. The summed E-state index contributed by atoms with van der Waals surface area (Å²) in [7, 11) is 1.37. The minimum absolute atomic E-state index is 0.319. The highest BCUT2D eigenvalue weighted by molar-refractivity contribution is 9.10. The Balaban J connectivity index is 2.00. The highest BCUT2D eigenvalue weighted by Gasteiger charge is 2.23. The molecular formula is C13H17BrFN3O2. The first-order chi connectivity index (χ1) is 9.52. The van der Waals surface area contributed by atoms with Gasteiger partial charge in [0.25, 0.3) is 0 Å². The van der Waals surface area contributed by atoms with Crippen LogP contribution in [0.1, 0.15) is 5.56 Å². The average molecular weight is 346 g/mol. The van der Waals surface area contributed by atoms with Gasteiger partial charge in [0.2, 0.25) is 0 Å². The van der Waals surface area contributed by atoms with Crippen LogP contribution in [-0.4, -0.2) is 49.2 Å². The van der Waals surface area contributed by atoms with Crippen molar-refractivity contribution in [1.82, 2.24) is 9.80 Å².